The Kier molecular flexibility index (Phi) is 6.04. The maximum atomic E-state index is 11.8. The van der Waals surface area contributed by atoms with Gasteiger partial charge in [0.2, 0.25) is 0 Å². The van der Waals surface area contributed by atoms with Gasteiger partial charge in [0.05, 0.1) is 5.69 Å². The third-order valence-corrected chi connectivity index (χ3v) is 3.57. The number of aliphatic carboxylic acids is 1. The molecule has 0 saturated heterocycles. The van der Waals surface area contributed by atoms with Gasteiger partial charge in [-0.1, -0.05) is 17.7 Å². The maximum absolute atomic E-state index is 11.8. The monoisotopic (exact) mass is 360 g/mol. The number of nitrogens with one attached hydrogen (secondary N) is 2. The second kappa shape index (κ2) is 7.31. The summed E-state index contributed by atoms with van der Waals surface area (Å²) in [6.45, 7) is 5.28. The molecule has 0 fully saturated rings. The van der Waals surface area contributed by atoms with E-state index in [1.54, 1.807) is 12.1 Å². The van der Waals surface area contributed by atoms with Crippen molar-refractivity contribution in [2.45, 2.75) is 19.4 Å². The molecule has 20 heavy (non-hydrogen) atoms. The quantitative estimate of drug-likeness (QED) is 0.702. The number of anilines is 1. The van der Waals surface area contributed by atoms with Gasteiger partial charge in [-0.25, -0.2) is 9.59 Å². The van der Waals surface area contributed by atoms with Crippen molar-refractivity contribution in [3.8, 4) is 0 Å². The van der Waals surface area contributed by atoms with Crippen LogP contribution in [0.5, 0.6) is 0 Å². The summed E-state index contributed by atoms with van der Waals surface area (Å²) in [7, 11) is 0. The van der Waals surface area contributed by atoms with Crippen LogP contribution in [-0.4, -0.2) is 23.1 Å². The minimum absolute atomic E-state index is 0.137. The van der Waals surface area contributed by atoms with Crippen LogP contribution in [0.4, 0.5) is 10.5 Å². The maximum Gasteiger partial charge on any atom is 0.326 e. The molecule has 3 N–H and O–H groups in total. The number of hydrogen-bond donors (Lipinski definition) is 3. The molecule has 0 aliphatic rings. The zero-order valence-corrected chi connectivity index (χ0v) is 13.1. The Labute approximate surface area is 130 Å². The number of amides is 2. The van der Waals surface area contributed by atoms with E-state index in [9.17, 15) is 9.59 Å². The normalized spacial score (nSPS) is 11.6. The van der Waals surface area contributed by atoms with Crippen molar-refractivity contribution in [3.05, 3.63) is 39.8 Å². The van der Waals surface area contributed by atoms with E-state index in [0.29, 0.717) is 15.2 Å². The van der Waals surface area contributed by atoms with Gasteiger partial charge in [0.25, 0.3) is 0 Å². The first-order valence-electron chi connectivity index (χ1n) is 5.72. The van der Waals surface area contributed by atoms with E-state index in [2.05, 4.69) is 33.1 Å². The molecule has 0 aromatic heterocycles. The lowest BCUT2D eigenvalue weighted by Crippen LogP contribution is -2.42. The number of carboxylic acid groups (broad SMARTS) is 1. The second-order valence-corrected chi connectivity index (χ2v) is 5.36. The van der Waals surface area contributed by atoms with Crippen LogP contribution in [0, 0.1) is 6.92 Å². The van der Waals surface area contributed by atoms with Crippen LogP contribution in [-0.2, 0) is 4.79 Å². The minimum Gasteiger partial charge on any atom is -0.480 e. The van der Waals surface area contributed by atoms with Gasteiger partial charge in [-0.2, -0.15) is 0 Å². The molecule has 0 spiro atoms. The van der Waals surface area contributed by atoms with Crippen molar-refractivity contribution in [3.63, 3.8) is 0 Å². The fourth-order valence-electron chi connectivity index (χ4n) is 1.45. The lowest BCUT2D eigenvalue weighted by Gasteiger charge is -2.14. The Morgan fingerprint density at radius 2 is 2.20 bits per heavy atom. The highest BCUT2D eigenvalue weighted by molar-refractivity contribution is 9.10. The van der Waals surface area contributed by atoms with Crippen molar-refractivity contribution < 1.29 is 14.7 Å². The molecule has 1 unspecified atom stereocenters. The van der Waals surface area contributed by atoms with Crippen LogP contribution in [0.2, 0.25) is 5.02 Å². The van der Waals surface area contributed by atoms with Crippen LogP contribution < -0.4 is 10.6 Å². The third-order valence-electron chi connectivity index (χ3n) is 2.50. The molecule has 0 heterocycles. The van der Waals surface area contributed by atoms with Crippen molar-refractivity contribution in [1.82, 2.24) is 5.32 Å². The molecule has 5 nitrogen and oxygen atoms in total. The van der Waals surface area contributed by atoms with Crippen molar-refractivity contribution >= 4 is 45.2 Å². The summed E-state index contributed by atoms with van der Waals surface area (Å²) in [4.78, 5) is 22.7. The molecule has 0 saturated carbocycles. The van der Waals surface area contributed by atoms with Crippen molar-refractivity contribution in [2.75, 3.05) is 5.32 Å². The van der Waals surface area contributed by atoms with Crippen LogP contribution in [0.15, 0.2) is 29.3 Å². The van der Waals surface area contributed by atoms with Gasteiger partial charge in [0.1, 0.15) is 6.04 Å². The second-order valence-electron chi connectivity index (χ2n) is 4.09. The standard InChI is InChI=1S/C13H14BrClN2O3/c1-3-4-10(12(18)19)16-13(20)17-11-6-9(15)7(2)5-8(11)14/h3,5-6,10H,1,4H2,2H3,(H,18,19)(H2,16,17,20). The van der Waals surface area contributed by atoms with E-state index in [1.807, 2.05) is 6.92 Å². The summed E-state index contributed by atoms with van der Waals surface area (Å²) < 4.78 is 0.658. The number of rotatable bonds is 5. The fourth-order valence-corrected chi connectivity index (χ4v) is 2.17. The molecule has 2 amide bonds. The van der Waals surface area contributed by atoms with Crippen LogP contribution >= 0.6 is 27.5 Å². The number of hydrogen-bond acceptors (Lipinski definition) is 2. The van der Waals surface area contributed by atoms with Gasteiger partial charge < -0.3 is 15.7 Å². The van der Waals surface area contributed by atoms with Gasteiger partial charge >= 0.3 is 12.0 Å². The topological polar surface area (TPSA) is 78.4 Å². The number of halogens is 2. The molecule has 0 radical (unpaired) electrons. The Morgan fingerprint density at radius 3 is 2.75 bits per heavy atom. The van der Waals surface area contributed by atoms with E-state index >= 15 is 0 Å². The average Bonchev–Trinajstić information content (AvgIpc) is 2.35. The molecule has 1 atom stereocenters. The van der Waals surface area contributed by atoms with Crippen LogP contribution in [0.25, 0.3) is 0 Å². The molecule has 108 valence electrons. The van der Waals surface area contributed by atoms with E-state index in [4.69, 9.17) is 16.7 Å². The number of carbonyl (C=O) groups excluding carboxylic acids is 1. The lowest BCUT2D eigenvalue weighted by molar-refractivity contribution is -0.139. The first-order valence-corrected chi connectivity index (χ1v) is 6.89. The summed E-state index contributed by atoms with van der Waals surface area (Å²) in [5.74, 6) is -1.12. The van der Waals surface area contributed by atoms with Gasteiger partial charge in [-0.3, -0.25) is 0 Å². The Hall–Kier alpha value is -1.53. The van der Waals surface area contributed by atoms with Crippen LogP contribution in [0.3, 0.4) is 0 Å². The van der Waals surface area contributed by atoms with Crippen molar-refractivity contribution in [1.29, 1.82) is 0 Å². The molecule has 1 rings (SSSR count). The van der Waals surface area contributed by atoms with E-state index in [0.717, 1.165) is 5.56 Å². The lowest BCUT2D eigenvalue weighted by atomic mass is 10.2. The number of carboxylic acids is 1. The molecule has 0 aliphatic heterocycles. The molecule has 7 heteroatoms. The van der Waals surface area contributed by atoms with Gasteiger partial charge in [0, 0.05) is 9.50 Å². The zero-order valence-electron chi connectivity index (χ0n) is 10.7. The summed E-state index contributed by atoms with van der Waals surface area (Å²) in [6, 6.07) is 1.70. The van der Waals surface area contributed by atoms with E-state index in [-0.39, 0.29) is 6.42 Å². The Morgan fingerprint density at radius 1 is 1.55 bits per heavy atom. The van der Waals surface area contributed by atoms with E-state index < -0.39 is 18.0 Å². The fraction of sp³-hybridized carbons (Fsp3) is 0.231. The number of carbonyl (C=O) groups is 2. The minimum atomic E-state index is -1.12. The first kappa shape index (κ1) is 16.5. The molecule has 0 bridgehead atoms. The summed E-state index contributed by atoms with van der Waals surface area (Å²) in [5, 5.41) is 14.3. The SMILES string of the molecule is C=CCC(NC(=O)Nc1cc(Cl)c(C)cc1Br)C(=O)O. The predicted molar refractivity (Wildman–Crippen MR) is 82.3 cm³/mol. The predicted octanol–water partition coefficient (Wildman–Crippen LogP) is 3.56. The average molecular weight is 362 g/mol. The third kappa shape index (κ3) is 4.54. The van der Waals surface area contributed by atoms with Crippen LogP contribution in [0.1, 0.15) is 12.0 Å². The molecular weight excluding hydrogens is 348 g/mol. The number of benzene rings is 1. The van der Waals surface area contributed by atoms with Gasteiger partial charge in [-0.15, -0.1) is 6.58 Å². The summed E-state index contributed by atoms with van der Waals surface area (Å²) in [5.41, 5.74) is 1.32. The largest absolute Gasteiger partial charge is 0.480 e. The molecule has 0 aliphatic carbocycles. The van der Waals surface area contributed by atoms with Crippen molar-refractivity contribution in [2.24, 2.45) is 0 Å². The molecule has 1 aromatic rings. The Balaban J connectivity index is 2.78. The summed E-state index contributed by atoms with van der Waals surface area (Å²) >= 11 is 9.28. The van der Waals surface area contributed by atoms with E-state index in [1.165, 1.54) is 6.08 Å². The highest BCUT2D eigenvalue weighted by Crippen LogP contribution is 2.29. The molecule has 1 aromatic carbocycles. The van der Waals surface area contributed by atoms with Gasteiger partial charge in [0.15, 0.2) is 0 Å². The summed E-state index contributed by atoms with van der Waals surface area (Å²) in [6.07, 6.45) is 1.57. The highest BCUT2D eigenvalue weighted by Gasteiger charge is 2.18. The highest BCUT2D eigenvalue weighted by atomic mass is 79.9. The first-order chi connectivity index (χ1) is 9.35. The number of urea groups is 1. The van der Waals surface area contributed by atoms with Gasteiger partial charge in [-0.05, 0) is 47.0 Å². The Bertz CT molecular complexity index is 549. The smallest absolute Gasteiger partial charge is 0.326 e. The molecular formula is C13H14BrClN2O3. The zero-order chi connectivity index (χ0) is 15.3. The number of aryl methyl sites for hydroxylation is 1.